The first-order chi connectivity index (χ1) is 16.8. The van der Waals surface area contributed by atoms with E-state index in [9.17, 15) is 23.2 Å². The van der Waals surface area contributed by atoms with E-state index in [2.05, 4.69) is 10.6 Å². The number of fused-ring (bicyclic) bond motifs is 1. The molecule has 0 saturated carbocycles. The monoisotopic (exact) mass is 487 g/mol. The first kappa shape index (κ1) is 24.4. The summed E-state index contributed by atoms with van der Waals surface area (Å²) in [7, 11) is 1.64. The Morgan fingerprint density at radius 1 is 1.06 bits per heavy atom. The van der Waals surface area contributed by atoms with Gasteiger partial charge in [-0.2, -0.15) is 0 Å². The maximum atomic E-state index is 13.4. The van der Waals surface area contributed by atoms with Crippen LogP contribution in [-0.4, -0.2) is 49.0 Å². The van der Waals surface area contributed by atoms with E-state index in [-0.39, 0.29) is 43.5 Å². The zero-order chi connectivity index (χ0) is 24.9. The number of rotatable bonds is 5. The van der Waals surface area contributed by atoms with Crippen molar-refractivity contribution in [1.29, 1.82) is 0 Å². The molecule has 0 radical (unpaired) electrons. The maximum absolute atomic E-state index is 13.4. The standard InChI is InChI=1S/C25H27F2N3O5/c1-30-13-20(29-25(33)17-5-6-21-22(9-17)35-14-34-21)4-2-3-16(10-23(30)31)24(32)28-12-15-7-18(26)11-19(27)8-15/h5-9,11,16,20H,2-4,10,12-14H2,1H3,(H,28,32)(H,29,33). The van der Waals surface area contributed by atoms with Crippen molar-refractivity contribution in [3.8, 4) is 11.5 Å². The number of carbonyl (C=O) groups is 3. The zero-order valence-electron chi connectivity index (χ0n) is 19.3. The van der Waals surface area contributed by atoms with Crippen molar-refractivity contribution in [3.63, 3.8) is 0 Å². The predicted octanol–water partition coefficient (Wildman–Crippen LogP) is 2.76. The van der Waals surface area contributed by atoms with Crippen LogP contribution in [0, 0.1) is 17.6 Å². The Hall–Kier alpha value is -3.69. The van der Waals surface area contributed by atoms with Crippen LogP contribution in [0.1, 0.15) is 41.6 Å². The van der Waals surface area contributed by atoms with Gasteiger partial charge in [-0.25, -0.2) is 8.78 Å². The molecule has 2 aliphatic heterocycles. The summed E-state index contributed by atoms with van der Waals surface area (Å²) in [6.07, 6.45) is 1.65. The van der Waals surface area contributed by atoms with Crippen molar-refractivity contribution in [1.82, 2.24) is 15.5 Å². The molecule has 1 saturated heterocycles. The highest BCUT2D eigenvalue weighted by Gasteiger charge is 2.28. The number of halogens is 2. The average molecular weight is 488 g/mol. The summed E-state index contributed by atoms with van der Waals surface area (Å²) in [6, 6.07) is 7.72. The van der Waals surface area contributed by atoms with Crippen LogP contribution in [-0.2, 0) is 16.1 Å². The molecule has 2 unspecified atom stereocenters. The highest BCUT2D eigenvalue weighted by atomic mass is 19.1. The Morgan fingerprint density at radius 2 is 1.80 bits per heavy atom. The summed E-state index contributed by atoms with van der Waals surface area (Å²) in [6.45, 7) is 0.387. The van der Waals surface area contributed by atoms with Gasteiger partial charge in [-0.3, -0.25) is 14.4 Å². The molecule has 4 rings (SSSR count). The molecular formula is C25H27F2N3O5. The van der Waals surface area contributed by atoms with E-state index in [1.165, 1.54) is 4.90 Å². The fourth-order valence-electron chi connectivity index (χ4n) is 4.30. The number of amides is 3. The molecule has 0 aliphatic carbocycles. The fourth-order valence-corrected chi connectivity index (χ4v) is 4.30. The van der Waals surface area contributed by atoms with Gasteiger partial charge in [-0.1, -0.05) is 6.42 Å². The summed E-state index contributed by atoms with van der Waals surface area (Å²) >= 11 is 0. The van der Waals surface area contributed by atoms with Gasteiger partial charge in [0, 0.05) is 50.1 Å². The van der Waals surface area contributed by atoms with Crippen molar-refractivity contribution in [3.05, 3.63) is 59.2 Å². The predicted molar refractivity (Wildman–Crippen MR) is 122 cm³/mol. The number of benzene rings is 2. The number of likely N-dealkylation sites (N-methyl/N-ethyl adjacent to an activating group) is 1. The lowest BCUT2D eigenvalue weighted by Gasteiger charge is -2.24. The van der Waals surface area contributed by atoms with Gasteiger partial charge in [-0.15, -0.1) is 0 Å². The van der Waals surface area contributed by atoms with Crippen LogP contribution in [0.4, 0.5) is 8.78 Å². The van der Waals surface area contributed by atoms with Gasteiger partial charge in [0.15, 0.2) is 11.5 Å². The van der Waals surface area contributed by atoms with E-state index < -0.39 is 17.6 Å². The first-order valence-corrected chi connectivity index (χ1v) is 11.5. The summed E-state index contributed by atoms with van der Waals surface area (Å²) < 4.78 is 37.4. The molecule has 10 heteroatoms. The Labute approximate surface area is 201 Å². The number of hydrogen-bond acceptors (Lipinski definition) is 5. The van der Waals surface area contributed by atoms with Gasteiger partial charge in [0.05, 0.1) is 0 Å². The van der Waals surface area contributed by atoms with Gasteiger partial charge in [0.1, 0.15) is 11.6 Å². The molecule has 2 aromatic rings. The van der Waals surface area contributed by atoms with Crippen molar-refractivity contribution in [2.75, 3.05) is 20.4 Å². The summed E-state index contributed by atoms with van der Waals surface area (Å²) in [5.74, 6) is -1.78. The molecule has 2 aromatic carbocycles. The van der Waals surface area contributed by atoms with Crippen LogP contribution in [0.2, 0.25) is 0 Å². The molecule has 8 nitrogen and oxygen atoms in total. The molecule has 3 amide bonds. The number of nitrogens with zero attached hydrogens (tertiary/aromatic N) is 1. The summed E-state index contributed by atoms with van der Waals surface area (Å²) in [5.41, 5.74) is 0.725. The molecule has 1 fully saturated rings. The third-order valence-electron chi connectivity index (χ3n) is 6.18. The van der Waals surface area contributed by atoms with E-state index in [1.54, 1.807) is 25.2 Å². The highest BCUT2D eigenvalue weighted by molar-refractivity contribution is 5.95. The van der Waals surface area contributed by atoms with Crippen LogP contribution in [0.3, 0.4) is 0 Å². The second-order valence-electron chi connectivity index (χ2n) is 8.84. The lowest BCUT2D eigenvalue weighted by Crippen LogP contribution is -2.44. The molecular weight excluding hydrogens is 460 g/mol. The van der Waals surface area contributed by atoms with E-state index in [4.69, 9.17) is 9.47 Å². The molecule has 2 atom stereocenters. The van der Waals surface area contributed by atoms with Crippen molar-refractivity contribution in [2.45, 2.75) is 38.3 Å². The normalized spacial score (nSPS) is 20.0. The van der Waals surface area contributed by atoms with Crippen LogP contribution >= 0.6 is 0 Å². The van der Waals surface area contributed by atoms with Gasteiger partial charge in [-0.05, 0) is 48.7 Å². The summed E-state index contributed by atoms with van der Waals surface area (Å²) in [4.78, 5) is 39.8. The molecule has 2 N–H and O–H groups in total. The number of hydrogen-bond donors (Lipinski definition) is 2. The second-order valence-corrected chi connectivity index (χ2v) is 8.84. The molecule has 0 aromatic heterocycles. The Bertz CT molecular complexity index is 1110. The number of ether oxygens (including phenoxy) is 2. The largest absolute Gasteiger partial charge is 0.454 e. The Morgan fingerprint density at radius 3 is 2.57 bits per heavy atom. The lowest BCUT2D eigenvalue weighted by molar-refractivity contribution is -0.135. The minimum absolute atomic E-state index is 0.0165. The van der Waals surface area contributed by atoms with Crippen molar-refractivity contribution in [2.24, 2.45) is 5.92 Å². The van der Waals surface area contributed by atoms with Gasteiger partial charge in [0.2, 0.25) is 18.6 Å². The van der Waals surface area contributed by atoms with Crippen LogP contribution in [0.15, 0.2) is 36.4 Å². The Balaban J connectivity index is 1.35. The highest BCUT2D eigenvalue weighted by Crippen LogP contribution is 2.32. The van der Waals surface area contributed by atoms with Gasteiger partial charge >= 0.3 is 0 Å². The number of carbonyl (C=O) groups excluding carboxylic acids is 3. The summed E-state index contributed by atoms with van der Waals surface area (Å²) in [5, 5.41) is 5.65. The molecule has 0 bridgehead atoms. The molecule has 2 aliphatic rings. The second kappa shape index (κ2) is 10.7. The van der Waals surface area contributed by atoms with Gasteiger partial charge in [0.25, 0.3) is 5.91 Å². The fraction of sp³-hybridized carbons (Fsp3) is 0.400. The Kier molecular flexibility index (Phi) is 7.48. The first-order valence-electron chi connectivity index (χ1n) is 11.5. The molecule has 186 valence electrons. The van der Waals surface area contributed by atoms with Crippen molar-refractivity contribution >= 4 is 17.7 Å². The van der Waals surface area contributed by atoms with E-state index >= 15 is 0 Å². The minimum atomic E-state index is -0.720. The van der Waals surface area contributed by atoms with Crippen molar-refractivity contribution < 1.29 is 32.6 Å². The smallest absolute Gasteiger partial charge is 0.251 e. The van der Waals surface area contributed by atoms with Crippen LogP contribution in [0.25, 0.3) is 0 Å². The zero-order valence-corrected chi connectivity index (χ0v) is 19.3. The third kappa shape index (κ3) is 6.26. The topological polar surface area (TPSA) is 97.0 Å². The van der Waals surface area contributed by atoms with Gasteiger partial charge < -0.3 is 25.0 Å². The minimum Gasteiger partial charge on any atom is -0.454 e. The van der Waals surface area contributed by atoms with E-state index in [1.807, 2.05) is 0 Å². The third-order valence-corrected chi connectivity index (χ3v) is 6.18. The molecule has 2 heterocycles. The molecule has 35 heavy (non-hydrogen) atoms. The SMILES string of the molecule is CN1CC(NC(=O)c2ccc3c(c2)OCO3)CCCC(C(=O)NCc2cc(F)cc(F)c2)CC1=O. The van der Waals surface area contributed by atoms with E-state index in [0.717, 1.165) is 18.2 Å². The van der Waals surface area contributed by atoms with E-state index in [0.29, 0.717) is 48.4 Å². The van der Waals surface area contributed by atoms with Crippen LogP contribution < -0.4 is 20.1 Å². The quantitative estimate of drug-likeness (QED) is 0.676. The number of nitrogens with one attached hydrogen (secondary N) is 2. The van der Waals surface area contributed by atoms with Crippen LogP contribution in [0.5, 0.6) is 11.5 Å². The molecule has 0 spiro atoms. The lowest BCUT2D eigenvalue weighted by atomic mass is 9.96. The maximum Gasteiger partial charge on any atom is 0.251 e. The average Bonchev–Trinajstić information content (AvgIpc) is 3.30.